The Morgan fingerprint density at radius 1 is 1.45 bits per heavy atom. The Hall–Kier alpha value is -1.58. The van der Waals surface area contributed by atoms with Gasteiger partial charge in [-0.15, -0.1) is 11.3 Å². The molecule has 0 fully saturated rings. The van der Waals surface area contributed by atoms with Crippen LogP contribution in [-0.2, 0) is 14.6 Å². The van der Waals surface area contributed by atoms with Gasteiger partial charge in [-0.25, -0.2) is 17.8 Å². The van der Waals surface area contributed by atoms with Crippen LogP contribution in [0.5, 0.6) is 0 Å². The molecule has 0 aliphatic heterocycles. The lowest BCUT2D eigenvalue weighted by molar-refractivity contribution is -0.138. The zero-order chi connectivity index (χ0) is 14.9. The van der Waals surface area contributed by atoms with E-state index in [0.29, 0.717) is 10.2 Å². The number of aromatic nitrogens is 1. The van der Waals surface area contributed by atoms with Crippen LogP contribution in [0.4, 0.5) is 4.39 Å². The summed E-state index contributed by atoms with van der Waals surface area (Å²) in [4.78, 5) is 14.4. The number of thiazole rings is 1. The van der Waals surface area contributed by atoms with Crippen LogP contribution in [0.1, 0.15) is 6.42 Å². The van der Waals surface area contributed by atoms with Gasteiger partial charge in [-0.05, 0) is 12.1 Å². The largest absolute Gasteiger partial charge is 0.480 e. The number of carboxylic acid groups (broad SMARTS) is 1. The van der Waals surface area contributed by atoms with Crippen molar-refractivity contribution in [3.05, 3.63) is 24.3 Å². The molecule has 0 spiro atoms. The first-order valence-corrected chi connectivity index (χ1v) is 7.90. The van der Waals surface area contributed by atoms with E-state index in [2.05, 4.69) is 4.98 Å². The number of hydrogen-bond acceptors (Lipinski definition) is 6. The molecule has 2 rings (SSSR count). The molecule has 0 amide bonds. The molecule has 108 valence electrons. The first-order chi connectivity index (χ1) is 9.32. The van der Waals surface area contributed by atoms with Crippen molar-refractivity contribution < 1.29 is 22.7 Å². The molecule has 0 saturated heterocycles. The summed E-state index contributed by atoms with van der Waals surface area (Å²) in [5.41, 5.74) is 3.20. The van der Waals surface area contributed by atoms with Gasteiger partial charge in [0.15, 0.2) is 0 Å². The van der Waals surface area contributed by atoms with E-state index in [1.54, 1.807) is 24.3 Å². The molecule has 1 unspecified atom stereocenters. The van der Waals surface area contributed by atoms with Crippen molar-refractivity contribution in [1.82, 2.24) is 4.98 Å². The van der Waals surface area contributed by atoms with Crippen molar-refractivity contribution in [3.8, 4) is 0 Å². The molecule has 20 heavy (non-hydrogen) atoms. The maximum atomic E-state index is 13.8. The fraction of sp³-hybridized carbons (Fsp3) is 0.273. The number of nitrogens with two attached hydrogens (primary N) is 1. The summed E-state index contributed by atoms with van der Waals surface area (Å²) < 4.78 is 38.0. The normalized spacial score (nSPS) is 15.1. The van der Waals surface area contributed by atoms with Crippen molar-refractivity contribution >= 4 is 37.4 Å². The van der Waals surface area contributed by atoms with Crippen molar-refractivity contribution in [2.75, 3.05) is 0 Å². The quantitative estimate of drug-likeness (QED) is 0.856. The molecule has 0 aliphatic rings. The second-order valence-electron chi connectivity index (χ2n) is 4.08. The number of sulfone groups is 1. The van der Waals surface area contributed by atoms with Gasteiger partial charge in [-0.1, -0.05) is 12.1 Å². The maximum Gasteiger partial charge on any atom is 0.320 e. The molecule has 0 saturated carbocycles. The average molecular weight is 318 g/mol. The first kappa shape index (κ1) is 14.8. The summed E-state index contributed by atoms with van der Waals surface area (Å²) in [7, 11) is -4.33. The minimum absolute atomic E-state index is 0.371. The summed E-state index contributed by atoms with van der Waals surface area (Å²) in [6, 6.07) is 5.10. The zero-order valence-electron chi connectivity index (χ0n) is 10.1. The smallest absolute Gasteiger partial charge is 0.320 e. The van der Waals surface area contributed by atoms with E-state index in [9.17, 15) is 17.6 Å². The van der Waals surface area contributed by atoms with Gasteiger partial charge in [-0.3, -0.25) is 4.79 Å². The van der Waals surface area contributed by atoms with E-state index in [1.807, 2.05) is 0 Å². The molecule has 9 heteroatoms. The number of nitrogens with zero attached hydrogens (tertiary/aromatic N) is 1. The number of halogens is 1. The van der Waals surface area contributed by atoms with Gasteiger partial charge in [0.05, 0.1) is 10.2 Å². The monoisotopic (exact) mass is 318 g/mol. The minimum Gasteiger partial charge on any atom is -0.480 e. The van der Waals surface area contributed by atoms with E-state index in [-0.39, 0.29) is 4.34 Å². The number of carboxylic acids is 1. The SMILES string of the molecule is N[C@@H](CC(F)S(=O)(=O)c1nc2ccccc2s1)C(=O)O. The third-order valence-electron chi connectivity index (χ3n) is 2.61. The third-order valence-corrected chi connectivity index (χ3v) is 5.83. The lowest BCUT2D eigenvalue weighted by Crippen LogP contribution is -2.35. The molecule has 6 nitrogen and oxygen atoms in total. The van der Waals surface area contributed by atoms with Gasteiger partial charge >= 0.3 is 5.97 Å². The van der Waals surface area contributed by atoms with Crippen LogP contribution in [0.3, 0.4) is 0 Å². The van der Waals surface area contributed by atoms with Crippen molar-refractivity contribution in [2.45, 2.75) is 22.3 Å². The van der Waals surface area contributed by atoms with Crippen LogP contribution >= 0.6 is 11.3 Å². The van der Waals surface area contributed by atoms with Gasteiger partial charge in [-0.2, -0.15) is 0 Å². The maximum absolute atomic E-state index is 13.8. The highest BCUT2D eigenvalue weighted by atomic mass is 32.2. The predicted molar refractivity (Wildman–Crippen MR) is 71.9 cm³/mol. The van der Waals surface area contributed by atoms with Crippen molar-refractivity contribution in [2.24, 2.45) is 5.73 Å². The molecule has 0 aliphatic carbocycles. The molecule has 0 bridgehead atoms. The molecular weight excluding hydrogens is 307 g/mol. The second-order valence-corrected chi connectivity index (χ2v) is 7.36. The fourth-order valence-electron chi connectivity index (χ4n) is 1.51. The Kier molecular flexibility index (Phi) is 4.02. The number of rotatable bonds is 5. The Morgan fingerprint density at radius 3 is 2.70 bits per heavy atom. The lowest BCUT2D eigenvalue weighted by Gasteiger charge is -2.10. The first-order valence-electron chi connectivity index (χ1n) is 5.54. The summed E-state index contributed by atoms with van der Waals surface area (Å²) in [6.07, 6.45) is -0.812. The molecule has 1 aromatic carbocycles. The molecule has 1 aromatic heterocycles. The van der Waals surface area contributed by atoms with Crippen LogP contribution in [-0.4, -0.2) is 36.0 Å². The van der Waals surface area contributed by atoms with Crippen molar-refractivity contribution in [1.29, 1.82) is 0 Å². The van der Waals surface area contributed by atoms with Gasteiger partial charge in [0.2, 0.25) is 19.7 Å². The number of aliphatic carboxylic acids is 1. The number of carbonyl (C=O) groups is 1. The van der Waals surface area contributed by atoms with E-state index in [4.69, 9.17) is 10.8 Å². The summed E-state index contributed by atoms with van der Waals surface area (Å²) in [5.74, 6) is -1.45. The molecular formula is C11H11FN2O4S2. The van der Waals surface area contributed by atoms with E-state index in [0.717, 1.165) is 11.3 Å². The minimum atomic E-state index is -4.33. The third kappa shape index (κ3) is 2.79. The number of alkyl halides is 1. The van der Waals surface area contributed by atoms with Crippen LogP contribution in [0.15, 0.2) is 28.6 Å². The Morgan fingerprint density at radius 2 is 2.10 bits per heavy atom. The predicted octanol–water partition coefficient (Wildman–Crippen LogP) is 1.17. The lowest BCUT2D eigenvalue weighted by atomic mass is 10.2. The topological polar surface area (TPSA) is 110 Å². The Labute approximate surface area is 118 Å². The van der Waals surface area contributed by atoms with Gasteiger partial charge < -0.3 is 10.8 Å². The van der Waals surface area contributed by atoms with Crippen molar-refractivity contribution in [3.63, 3.8) is 0 Å². The number of benzene rings is 1. The highest BCUT2D eigenvalue weighted by Gasteiger charge is 2.33. The zero-order valence-corrected chi connectivity index (χ0v) is 11.7. The van der Waals surface area contributed by atoms with E-state index >= 15 is 0 Å². The van der Waals surface area contributed by atoms with Gasteiger partial charge in [0.1, 0.15) is 6.04 Å². The average Bonchev–Trinajstić information content (AvgIpc) is 2.82. The van der Waals surface area contributed by atoms with Crippen LogP contribution < -0.4 is 5.73 Å². The summed E-state index contributed by atoms with van der Waals surface area (Å²) in [5, 5.41) is 8.58. The van der Waals surface area contributed by atoms with E-state index in [1.165, 1.54) is 0 Å². The van der Waals surface area contributed by atoms with Crippen LogP contribution in [0, 0.1) is 0 Å². The molecule has 2 atom stereocenters. The number of hydrogen-bond donors (Lipinski definition) is 2. The molecule has 2 aromatic rings. The van der Waals surface area contributed by atoms with E-state index < -0.39 is 33.8 Å². The standard InChI is InChI=1S/C11H11FN2O4S2/c12-9(5-6(13)10(15)16)20(17,18)11-14-7-3-1-2-4-8(7)19-11/h1-4,6,9H,5,13H2,(H,15,16)/t6-,9?/m0/s1. The van der Waals surface area contributed by atoms with Gasteiger partial charge in [0.25, 0.3) is 0 Å². The highest BCUT2D eigenvalue weighted by molar-refractivity contribution is 7.93. The van der Waals surface area contributed by atoms with Crippen LogP contribution in [0.25, 0.3) is 10.2 Å². The number of fused-ring (bicyclic) bond motifs is 1. The molecule has 0 radical (unpaired) electrons. The summed E-state index contributed by atoms with van der Waals surface area (Å²) in [6.45, 7) is 0. The highest BCUT2D eigenvalue weighted by Crippen LogP contribution is 2.29. The second kappa shape index (κ2) is 5.43. The molecule has 3 N–H and O–H groups in total. The van der Waals surface area contributed by atoms with Gasteiger partial charge in [0, 0.05) is 6.42 Å². The Bertz CT molecular complexity index is 711. The summed E-state index contributed by atoms with van der Waals surface area (Å²) >= 11 is 0.841. The Balaban J connectivity index is 2.31. The fourth-order valence-corrected chi connectivity index (χ4v) is 4.16. The molecule has 1 heterocycles. The van der Waals surface area contributed by atoms with Crippen LogP contribution in [0.2, 0.25) is 0 Å². The number of para-hydroxylation sites is 1.